The number of fused-ring (bicyclic) bond motifs is 1. The molecule has 1 aliphatic carbocycles. The Bertz CT molecular complexity index is 364. The van der Waals surface area contributed by atoms with Crippen molar-refractivity contribution in [1.82, 2.24) is 0 Å². The fourth-order valence-corrected chi connectivity index (χ4v) is 1.99. The summed E-state index contributed by atoms with van der Waals surface area (Å²) in [7, 11) is 0. The molecular formula is C14H18S. The number of hydrogen-bond acceptors (Lipinski definition) is 1. The van der Waals surface area contributed by atoms with E-state index < -0.39 is 0 Å². The van der Waals surface area contributed by atoms with Crippen molar-refractivity contribution < 1.29 is 0 Å². The Morgan fingerprint density at radius 1 is 1.27 bits per heavy atom. The van der Waals surface area contributed by atoms with Crippen LogP contribution in [0, 0.1) is 6.92 Å². The van der Waals surface area contributed by atoms with Crippen molar-refractivity contribution in [3.63, 3.8) is 0 Å². The van der Waals surface area contributed by atoms with Crippen LogP contribution in [0.2, 0.25) is 0 Å². The van der Waals surface area contributed by atoms with Crippen LogP contribution in [0.25, 0.3) is 0 Å². The summed E-state index contributed by atoms with van der Waals surface area (Å²) in [5.41, 5.74) is 4.31. The third-order valence-electron chi connectivity index (χ3n) is 2.42. The summed E-state index contributed by atoms with van der Waals surface area (Å²) in [6.07, 6.45) is 5.02. The average molecular weight is 218 g/mol. The van der Waals surface area contributed by atoms with Crippen molar-refractivity contribution >= 4 is 17.1 Å². The summed E-state index contributed by atoms with van der Waals surface area (Å²) >= 11 is 5.21. The molecular weight excluding hydrogens is 200 g/mol. The SMILES string of the molecule is C=CC.Cc1ccc2c(c1)CCC(=S)C2. The lowest BCUT2D eigenvalue weighted by molar-refractivity contribution is 0.962. The normalized spacial score (nSPS) is 13.6. The van der Waals surface area contributed by atoms with Gasteiger partial charge in [-0.3, -0.25) is 0 Å². The molecule has 1 aromatic rings. The summed E-state index contributed by atoms with van der Waals surface area (Å²) in [6, 6.07) is 6.68. The molecule has 1 heteroatoms. The van der Waals surface area contributed by atoms with Crippen LogP contribution in [0.3, 0.4) is 0 Å². The number of rotatable bonds is 0. The third kappa shape index (κ3) is 3.60. The monoisotopic (exact) mass is 218 g/mol. The van der Waals surface area contributed by atoms with Gasteiger partial charge in [0.1, 0.15) is 0 Å². The van der Waals surface area contributed by atoms with Crippen molar-refractivity contribution in [3.8, 4) is 0 Å². The van der Waals surface area contributed by atoms with Crippen molar-refractivity contribution in [2.75, 3.05) is 0 Å². The summed E-state index contributed by atoms with van der Waals surface area (Å²) in [6.45, 7) is 7.40. The van der Waals surface area contributed by atoms with Crippen molar-refractivity contribution in [1.29, 1.82) is 0 Å². The summed E-state index contributed by atoms with van der Waals surface area (Å²) in [5, 5.41) is 0. The molecule has 0 saturated heterocycles. The van der Waals surface area contributed by atoms with Crippen LogP contribution in [0.4, 0.5) is 0 Å². The lowest BCUT2D eigenvalue weighted by Crippen LogP contribution is -2.11. The highest BCUT2D eigenvalue weighted by Gasteiger charge is 2.11. The maximum Gasteiger partial charge on any atom is 0.00410 e. The van der Waals surface area contributed by atoms with E-state index in [0.29, 0.717) is 0 Å². The van der Waals surface area contributed by atoms with Crippen LogP contribution in [-0.4, -0.2) is 4.86 Å². The predicted molar refractivity (Wildman–Crippen MR) is 71.7 cm³/mol. The second-order valence-electron chi connectivity index (χ2n) is 3.90. The molecule has 2 rings (SSSR count). The third-order valence-corrected chi connectivity index (χ3v) is 2.77. The maximum atomic E-state index is 5.21. The van der Waals surface area contributed by atoms with Crippen LogP contribution in [0.1, 0.15) is 30.0 Å². The number of benzene rings is 1. The molecule has 0 nitrogen and oxygen atoms in total. The van der Waals surface area contributed by atoms with Gasteiger partial charge in [0.15, 0.2) is 0 Å². The Hall–Kier alpha value is -0.950. The lowest BCUT2D eigenvalue weighted by atomic mass is 9.90. The van der Waals surface area contributed by atoms with Gasteiger partial charge in [0.05, 0.1) is 0 Å². The predicted octanol–water partition coefficient (Wildman–Crippen LogP) is 4.05. The minimum Gasteiger partial charge on any atom is -0.103 e. The first-order chi connectivity index (χ1) is 7.17. The minimum absolute atomic E-state index is 1.02. The fourth-order valence-electron chi connectivity index (χ4n) is 1.73. The molecule has 0 aromatic heterocycles. The number of allylic oxidation sites excluding steroid dienone is 1. The molecule has 0 unspecified atom stereocenters. The Morgan fingerprint density at radius 2 is 1.93 bits per heavy atom. The van der Waals surface area contributed by atoms with Gasteiger partial charge >= 0.3 is 0 Å². The number of hydrogen-bond donors (Lipinski definition) is 0. The van der Waals surface area contributed by atoms with Crippen LogP contribution < -0.4 is 0 Å². The first-order valence-corrected chi connectivity index (χ1v) is 5.75. The van der Waals surface area contributed by atoms with Gasteiger partial charge < -0.3 is 0 Å². The highest BCUT2D eigenvalue weighted by atomic mass is 32.1. The second kappa shape index (κ2) is 5.82. The van der Waals surface area contributed by atoms with Crippen molar-refractivity contribution in [3.05, 3.63) is 47.5 Å². The Labute approximate surface area is 98.0 Å². The van der Waals surface area contributed by atoms with Gasteiger partial charge in [-0.15, -0.1) is 6.58 Å². The highest BCUT2D eigenvalue weighted by Crippen LogP contribution is 2.20. The molecule has 0 amide bonds. The van der Waals surface area contributed by atoms with E-state index in [4.69, 9.17) is 12.2 Å². The molecule has 1 aromatic carbocycles. The first kappa shape index (κ1) is 12.1. The van der Waals surface area contributed by atoms with Crippen molar-refractivity contribution in [2.24, 2.45) is 0 Å². The van der Waals surface area contributed by atoms with Gasteiger partial charge in [0.25, 0.3) is 0 Å². The van der Waals surface area contributed by atoms with Crippen LogP contribution in [0.5, 0.6) is 0 Å². The molecule has 1 aliphatic rings. The zero-order valence-electron chi connectivity index (χ0n) is 9.55. The number of thiocarbonyl (C=S) groups is 1. The molecule has 0 spiro atoms. The smallest absolute Gasteiger partial charge is 0.00410 e. The van der Waals surface area contributed by atoms with Crippen LogP contribution in [0.15, 0.2) is 30.9 Å². The van der Waals surface area contributed by atoms with E-state index in [1.54, 1.807) is 6.08 Å². The Kier molecular flexibility index (Phi) is 4.70. The van der Waals surface area contributed by atoms with Gasteiger partial charge in [0, 0.05) is 6.42 Å². The standard InChI is InChI=1S/C11H12S.C3H6/c1-8-2-3-10-7-11(12)5-4-9(10)6-8;1-3-2/h2-3,6H,4-5,7H2,1H3;3H,1H2,2H3. The molecule has 80 valence electrons. The molecule has 0 radical (unpaired) electrons. The second-order valence-corrected chi connectivity index (χ2v) is 4.47. The lowest BCUT2D eigenvalue weighted by Gasteiger charge is -2.16. The maximum absolute atomic E-state index is 5.21. The highest BCUT2D eigenvalue weighted by molar-refractivity contribution is 7.80. The Balaban J connectivity index is 0.000000337. The summed E-state index contributed by atoms with van der Waals surface area (Å²) in [4.78, 5) is 1.21. The molecule has 0 atom stereocenters. The van der Waals surface area contributed by atoms with Gasteiger partial charge in [-0.2, -0.15) is 0 Å². The molecule has 0 N–H and O–H groups in total. The van der Waals surface area contributed by atoms with E-state index in [9.17, 15) is 0 Å². The summed E-state index contributed by atoms with van der Waals surface area (Å²) < 4.78 is 0. The average Bonchev–Trinajstić information content (AvgIpc) is 2.20. The van der Waals surface area contributed by atoms with Crippen LogP contribution in [-0.2, 0) is 12.8 Å². The minimum atomic E-state index is 1.02. The largest absolute Gasteiger partial charge is 0.103 e. The van der Waals surface area contributed by atoms with Gasteiger partial charge in [0.2, 0.25) is 0 Å². The zero-order valence-corrected chi connectivity index (χ0v) is 10.4. The summed E-state index contributed by atoms with van der Waals surface area (Å²) in [5.74, 6) is 0. The van der Waals surface area contributed by atoms with Gasteiger partial charge in [-0.25, -0.2) is 0 Å². The van der Waals surface area contributed by atoms with Gasteiger partial charge in [-0.05, 0) is 42.7 Å². The van der Waals surface area contributed by atoms with E-state index in [2.05, 4.69) is 31.7 Å². The quantitative estimate of drug-likeness (QED) is 0.468. The Morgan fingerprint density at radius 3 is 2.60 bits per heavy atom. The molecule has 15 heavy (non-hydrogen) atoms. The molecule has 0 fully saturated rings. The zero-order chi connectivity index (χ0) is 11.3. The van der Waals surface area contributed by atoms with Crippen LogP contribution >= 0.6 is 12.2 Å². The van der Waals surface area contributed by atoms with Crippen molar-refractivity contribution in [2.45, 2.75) is 33.1 Å². The van der Waals surface area contributed by atoms with E-state index in [1.165, 1.54) is 21.6 Å². The van der Waals surface area contributed by atoms with Gasteiger partial charge in [-0.1, -0.05) is 42.1 Å². The molecule has 0 heterocycles. The van der Waals surface area contributed by atoms with E-state index in [0.717, 1.165) is 19.3 Å². The van der Waals surface area contributed by atoms with E-state index >= 15 is 0 Å². The molecule has 0 bridgehead atoms. The molecule has 0 aliphatic heterocycles. The topological polar surface area (TPSA) is 0 Å². The number of aryl methyl sites for hydroxylation is 2. The van der Waals surface area contributed by atoms with E-state index in [-0.39, 0.29) is 0 Å². The fraction of sp³-hybridized carbons (Fsp3) is 0.357. The molecule has 0 saturated carbocycles. The first-order valence-electron chi connectivity index (χ1n) is 5.34. The van der Waals surface area contributed by atoms with E-state index in [1.807, 2.05) is 6.92 Å².